The third-order valence-corrected chi connectivity index (χ3v) is 8.97. The van der Waals surface area contributed by atoms with E-state index < -0.39 is 5.60 Å². The van der Waals surface area contributed by atoms with E-state index in [-0.39, 0.29) is 0 Å². The summed E-state index contributed by atoms with van der Waals surface area (Å²) >= 11 is 1.68. The SMILES string of the molecule is CCc1nc2ccccc2n1-c1nc(N2CCOCC2)c2nc(CCN3CCC(C(C)(C)O)CC3)sc2n1. The number of likely N-dealkylation sites (tertiary alicyclic amines) is 1. The van der Waals surface area contributed by atoms with Crippen molar-refractivity contribution in [3.63, 3.8) is 0 Å². The van der Waals surface area contributed by atoms with Gasteiger partial charge in [0.2, 0.25) is 5.95 Å². The predicted octanol–water partition coefficient (Wildman–Crippen LogP) is 3.85. The Balaban J connectivity index is 1.32. The summed E-state index contributed by atoms with van der Waals surface area (Å²) in [4.78, 5) is 25.8. The Morgan fingerprint density at radius 2 is 1.79 bits per heavy atom. The molecule has 6 rings (SSSR count). The van der Waals surface area contributed by atoms with E-state index in [0.717, 1.165) is 96.4 Å². The number of ether oxygens (including phenoxy) is 1. The molecule has 0 spiro atoms. The number of anilines is 1. The van der Waals surface area contributed by atoms with Crippen LogP contribution in [0.1, 0.15) is 44.4 Å². The van der Waals surface area contributed by atoms with Gasteiger partial charge in [0.25, 0.3) is 0 Å². The van der Waals surface area contributed by atoms with Crippen LogP contribution in [0.25, 0.3) is 27.3 Å². The molecule has 0 radical (unpaired) electrons. The number of hydrogen-bond acceptors (Lipinski definition) is 9. The van der Waals surface area contributed by atoms with Gasteiger partial charge in [-0.25, -0.2) is 9.97 Å². The first-order valence-electron chi connectivity index (χ1n) is 13.8. The minimum atomic E-state index is -0.594. The van der Waals surface area contributed by atoms with Crippen LogP contribution in [-0.4, -0.2) is 86.0 Å². The number of morpholine rings is 1. The molecule has 0 unspecified atom stereocenters. The van der Waals surface area contributed by atoms with Crippen LogP contribution in [-0.2, 0) is 17.6 Å². The Labute approximate surface area is 227 Å². The van der Waals surface area contributed by atoms with Crippen LogP contribution in [0.4, 0.5) is 5.82 Å². The molecular formula is C28H37N7O2S. The Kier molecular flexibility index (Phi) is 7.07. The molecule has 0 aliphatic carbocycles. The van der Waals surface area contributed by atoms with Crippen LogP contribution in [0.3, 0.4) is 0 Å². The van der Waals surface area contributed by atoms with Crippen molar-refractivity contribution in [3.8, 4) is 5.95 Å². The van der Waals surface area contributed by atoms with Crippen molar-refractivity contribution in [1.82, 2.24) is 29.4 Å². The van der Waals surface area contributed by atoms with Gasteiger partial charge in [-0.1, -0.05) is 30.4 Å². The first-order chi connectivity index (χ1) is 18.4. The first-order valence-corrected chi connectivity index (χ1v) is 14.6. The second-order valence-corrected chi connectivity index (χ2v) is 12.0. The second kappa shape index (κ2) is 10.5. The Morgan fingerprint density at radius 1 is 1.03 bits per heavy atom. The van der Waals surface area contributed by atoms with Gasteiger partial charge < -0.3 is 19.6 Å². The number of para-hydroxylation sites is 2. The molecule has 5 heterocycles. The molecule has 1 N–H and O–H groups in total. The maximum atomic E-state index is 10.4. The number of rotatable bonds is 7. The van der Waals surface area contributed by atoms with Crippen LogP contribution < -0.4 is 4.90 Å². The average molecular weight is 536 g/mol. The second-order valence-electron chi connectivity index (χ2n) is 10.9. The van der Waals surface area contributed by atoms with Gasteiger partial charge >= 0.3 is 0 Å². The molecule has 2 aliphatic heterocycles. The molecule has 2 fully saturated rings. The van der Waals surface area contributed by atoms with Crippen molar-refractivity contribution >= 4 is 38.5 Å². The zero-order valence-electron chi connectivity index (χ0n) is 22.6. The van der Waals surface area contributed by atoms with Crippen LogP contribution in [0.15, 0.2) is 24.3 Å². The summed E-state index contributed by atoms with van der Waals surface area (Å²) in [5, 5.41) is 11.5. The number of benzene rings is 1. The number of piperidine rings is 1. The maximum Gasteiger partial charge on any atom is 0.239 e. The van der Waals surface area contributed by atoms with E-state index in [1.165, 1.54) is 0 Å². The molecule has 9 nitrogen and oxygen atoms in total. The Hall–Kier alpha value is -2.66. The molecule has 4 aromatic rings. The molecule has 3 aromatic heterocycles. The molecule has 10 heteroatoms. The van der Waals surface area contributed by atoms with Gasteiger partial charge in [0, 0.05) is 32.5 Å². The topological polar surface area (TPSA) is 92.4 Å². The largest absolute Gasteiger partial charge is 0.390 e. The number of aryl methyl sites for hydroxylation is 1. The normalized spacial score (nSPS) is 18.2. The first kappa shape index (κ1) is 25.6. The van der Waals surface area contributed by atoms with Crippen molar-refractivity contribution in [3.05, 3.63) is 35.1 Å². The maximum absolute atomic E-state index is 10.4. The van der Waals surface area contributed by atoms with E-state index in [1.54, 1.807) is 11.3 Å². The summed E-state index contributed by atoms with van der Waals surface area (Å²) in [6.45, 7) is 12.0. The highest BCUT2D eigenvalue weighted by atomic mass is 32.1. The molecule has 1 aromatic carbocycles. The molecule has 0 amide bonds. The van der Waals surface area contributed by atoms with Gasteiger partial charge in [-0.2, -0.15) is 9.97 Å². The molecule has 0 atom stereocenters. The quantitative estimate of drug-likeness (QED) is 0.382. The van der Waals surface area contributed by atoms with Gasteiger partial charge in [-0.15, -0.1) is 0 Å². The third kappa shape index (κ3) is 5.02. The number of fused-ring (bicyclic) bond motifs is 2. The molecule has 0 saturated carbocycles. The number of imidazole rings is 1. The lowest BCUT2D eigenvalue weighted by atomic mass is 9.83. The van der Waals surface area contributed by atoms with E-state index >= 15 is 0 Å². The highest BCUT2D eigenvalue weighted by molar-refractivity contribution is 7.18. The number of thiazole rings is 1. The van der Waals surface area contributed by atoms with Crippen molar-refractivity contribution in [2.75, 3.05) is 50.8 Å². The summed E-state index contributed by atoms with van der Waals surface area (Å²) in [5.41, 5.74) is 2.28. The predicted molar refractivity (Wildman–Crippen MR) is 151 cm³/mol. The third-order valence-electron chi connectivity index (χ3n) is 7.96. The fourth-order valence-electron chi connectivity index (χ4n) is 5.70. The van der Waals surface area contributed by atoms with Crippen molar-refractivity contribution in [2.24, 2.45) is 5.92 Å². The number of aromatic nitrogens is 5. The zero-order valence-corrected chi connectivity index (χ0v) is 23.4. The van der Waals surface area contributed by atoms with E-state index in [2.05, 4.69) is 27.4 Å². The summed E-state index contributed by atoms with van der Waals surface area (Å²) in [7, 11) is 0. The minimum Gasteiger partial charge on any atom is -0.390 e. The molecule has 2 aliphatic rings. The van der Waals surface area contributed by atoms with E-state index in [9.17, 15) is 5.11 Å². The fraction of sp³-hybridized carbons (Fsp3) is 0.571. The summed E-state index contributed by atoms with van der Waals surface area (Å²) in [5.74, 6) is 2.88. The van der Waals surface area contributed by atoms with E-state index in [0.29, 0.717) is 25.1 Å². The summed E-state index contributed by atoms with van der Waals surface area (Å²) in [6.07, 6.45) is 3.76. The van der Waals surface area contributed by atoms with Crippen LogP contribution in [0.5, 0.6) is 0 Å². The number of hydrogen-bond donors (Lipinski definition) is 1. The monoisotopic (exact) mass is 535 g/mol. The number of aliphatic hydroxyl groups is 1. The zero-order chi connectivity index (χ0) is 26.3. The molecule has 202 valence electrons. The van der Waals surface area contributed by atoms with Gasteiger partial charge in [0.15, 0.2) is 10.6 Å². The average Bonchev–Trinajstić information content (AvgIpc) is 3.52. The van der Waals surface area contributed by atoms with Crippen LogP contribution in [0, 0.1) is 5.92 Å². The molecule has 0 bridgehead atoms. The highest BCUT2D eigenvalue weighted by Crippen LogP contribution is 2.32. The van der Waals surface area contributed by atoms with Crippen molar-refractivity contribution < 1.29 is 9.84 Å². The summed E-state index contributed by atoms with van der Waals surface area (Å²) in [6, 6.07) is 8.19. The Bertz CT molecular complexity index is 1410. The van der Waals surface area contributed by atoms with Gasteiger partial charge in [-0.05, 0) is 57.8 Å². The lowest BCUT2D eigenvalue weighted by Gasteiger charge is -2.37. The lowest BCUT2D eigenvalue weighted by molar-refractivity contribution is -0.0123. The van der Waals surface area contributed by atoms with Crippen LogP contribution in [0.2, 0.25) is 0 Å². The Morgan fingerprint density at radius 3 is 2.53 bits per heavy atom. The fourth-order valence-corrected chi connectivity index (χ4v) is 6.61. The summed E-state index contributed by atoms with van der Waals surface area (Å²) < 4.78 is 7.73. The van der Waals surface area contributed by atoms with E-state index in [1.807, 2.05) is 32.0 Å². The smallest absolute Gasteiger partial charge is 0.239 e. The molecule has 38 heavy (non-hydrogen) atoms. The highest BCUT2D eigenvalue weighted by Gasteiger charge is 2.30. The molecule has 2 saturated heterocycles. The van der Waals surface area contributed by atoms with Crippen molar-refractivity contribution in [1.29, 1.82) is 0 Å². The van der Waals surface area contributed by atoms with Crippen LogP contribution >= 0.6 is 11.3 Å². The number of nitrogens with zero attached hydrogens (tertiary/aromatic N) is 7. The standard InChI is InChI=1S/C28H37N7O2S/c1-4-22-29-20-7-5-6-8-21(20)35(22)27-31-25(34-15-17-37-18-16-34)24-26(32-27)38-23(30-24)11-14-33-12-9-19(10-13-33)28(2,3)36/h5-8,19,36H,4,9-18H2,1-3H3. The van der Waals surface area contributed by atoms with E-state index in [4.69, 9.17) is 24.7 Å². The van der Waals surface area contributed by atoms with Gasteiger partial charge in [0.1, 0.15) is 11.3 Å². The van der Waals surface area contributed by atoms with Gasteiger partial charge in [-0.3, -0.25) is 4.57 Å². The minimum absolute atomic E-state index is 0.373. The van der Waals surface area contributed by atoms with Crippen molar-refractivity contribution in [2.45, 2.75) is 52.1 Å². The molecular weight excluding hydrogens is 498 g/mol. The lowest BCUT2D eigenvalue weighted by Crippen LogP contribution is -2.42. The van der Waals surface area contributed by atoms with Gasteiger partial charge in [0.05, 0.1) is 34.9 Å².